The van der Waals surface area contributed by atoms with Crippen molar-refractivity contribution in [3.8, 4) is 0 Å². The Morgan fingerprint density at radius 1 is 1.17 bits per heavy atom. The third-order valence-electron chi connectivity index (χ3n) is 1.89. The molecule has 1 aromatic heterocycles. The van der Waals surface area contributed by atoms with Crippen LogP contribution >= 0.6 is 0 Å². The van der Waals surface area contributed by atoms with E-state index in [-0.39, 0.29) is 6.61 Å². The zero-order chi connectivity index (χ0) is 8.39. The van der Waals surface area contributed by atoms with Crippen molar-refractivity contribution < 1.29 is 5.11 Å². The number of fused-ring (bicyclic) bond motifs is 1. The molecule has 0 atom stereocenters. The van der Waals surface area contributed by atoms with Crippen LogP contribution < -0.4 is 0 Å². The van der Waals surface area contributed by atoms with Crippen LogP contribution in [0.25, 0.3) is 10.9 Å². The fourth-order valence-electron chi connectivity index (χ4n) is 1.28. The smallest absolute Gasteiger partial charge is 0.108 e. The molecule has 0 unspecified atom stereocenters. The van der Waals surface area contributed by atoms with Crippen LogP contribution in [-0.2, 0) is 11.7 Å². The number of pyridine rings is 1. The van der Waals surface area contributed by atoms with E-state index in [1.54, 1.807) is 12.3 Å². The molecule has 0 saturated carbocycles. The molecule has 1 heterocycles. The van der Waals surface area contributed by atoms with Gasteiger partial charge in [-0.05, 0) is 17.7 Å². The number of benzene rings is 1. The Morgan fingerprint density at radius 3 is 2.83 bits per heavy atom. The molecule has 0 spiro atoms. The maximum Gasteiger partial charge on any atom is 0.108 e. The second-order valence-corrected chi connectivity index (χ2v) is 2.63. The van der Waals surface area contributed by atoms with Crippen LogP contribution in [-0.4, -0.2) is 4.98 Å². The van der Waals surface area contributed by atoms with Gasteiger partial charge >= 0.3 is 0 Å². The quantitative estimate of drug-likeness (QED) is 0.626. The van der Waals surface area contributed by atoms with E-state index in [4.69, 9.17) is 0 Å². The van der Waals surface area contributed by atoms with E-state index < -0.39 is 0 Å². The average Bonchev–Trinajstić information content (AvgIpc) is 2.17. The standard InChI is InChI=1S/C10H8NO/c12-7-8-5-6-11-10-4-2-1-3-9(8)10/h1-6H,7H2. The fourth-order valence-corrected chi connectivity index (χ4v) is 1.28. The van der Waals surface area contributed by atoms with E-state index in [0.29, 0.717) is 0 Å². The lowest BCUT2D eigenvalue weighted by Gasteiger charge is -1.99. The molecule has 59 valence electrons. The number of hydrogen-bond acceptors (Lipinski definition) is 1. The molecule has 2 heteroatoms. The highest BCUT2D eigenvalue weighted by Crippen LogP contribution is 2.15. The highest BCUT2D eigenvalue weighted by molar-refractivity contribution is 5.81. The molecule has 0 amide bonds. The zero-order valence-electron chi connectivity index (χ0n) is 6.53. The molecule has 0 aliphatic rings. The molecule has 0 saturated heterocycles. The van der Waals surface area contributed by atoms with Crippen LogP contribution in [0.3, 0.4) is 0 Å². The van der Waals surface area contributed by atoms with Crippen molar-refractivity contribution in [3.63, 3.8) is 0 Å². The van der Waals surface area contributed by atoms with E-state index in [1.165, 1.54) is 0 Å². The Kier molecular flexibility index (Phi) is 1.76. The average molecular weight is 158 g/mol. The Labute approximate surface area is 70.5 Å². The summed E-state index contributed by atoms with van der Waals surface area (Å²) in [5, 5.41) is 11.7. The molecule has 2 rings (SSSR count). The van der Waals surface area contributed by atoms with Crippen molar-refractivity contribution in [2.75, 3.05) is 0 Å². The van der Waals surface area contributed by atoms with Gasteiger partial charge in [-0.2, -0.15) is 0 Å². The van der Waals surface area contributed by atoms with Crippen molar-refractivity contribution in [1.82, 2.24) is 4.98 Å². The highest BCUT2D eigenvalue weighted by Gasteiger charge is 1.98. The number of aromatic nitrogens is 1. The van der Waals surface area contributed by atoms with Gasteiger partial charge in [0.1, 0.15) is 6.61 Å². The monoisotopic (exact) mass is 158 g/mol. The summed E-state index contributed by atoms with van der Waals surface area (Å²) in [4.78, 5) is 4.15. The van der Waals surface area contributed by atoms with Crippen molar-refractivity contribution >= 4 is 10.9 Å². The second-order valence-electron chi connectivity index (χ2n) is 2.63. The molecule has 0 aliphatic carbocycles. The Morgan fingerprint density at radius 2 is 2.00 bits per heavy atom. The third kappa shape index (κ3) is 1.06. The van der Waals surface area contributed by atoms with E-state index in [2.05, 4.69) is 4.98 Å². The van der Waals surface area contributed by atoms with Gasteiger partial charge in [0.15, 0.2) is 0 Å². The summed E-state index contributed by atoms with van der Waals surface area (Å²) in [6, 6.07) is 9.45. The van der Waals surface area contributed by atoms with Gasteiger partial charge < -0.3 is 0 Å². The number of para-hydroxylation sites is 1. The van der Waals surface area contributed by atoms with Crippen molar-refractivity contribution in [3.05, 3.63) is 42.1 Å². The summed E-state index contributed by atoms with van der Waals surface area (Å²) < 4.78 is 0. The lowest BCUT2D eigenvalue weighted by molar-refractivity contribution is 0.179. The van der Waals surface area contributed by atoms with E-state index in [9.17, 15) is 5.11 Å². The molecule has 0 N–H and O–H groups in total. The summed E-state index contributed by atoms with van der Waals surface area (Å²) in [7, 11) is 0. The molecule has 2 nitrogen and oxygen atoms in total. The van der Waals surface area contributed by atoms with Crippen molar-refractivity contribution in [1.29, 1.82) is 0 Å². The number of hydrogen-bond donors (Lipinski definition) is 0. The zero-order valence-corrected chi connectivity index (χ0v) is 6.53. The minimum absolute atomic E-state index is 0.178. The third-order valence-corrected chi connectivity index (χ3v) is 1.89. The van der Waals surface area contributed by atoms with Crippen LogP contribution in [0.2, 0.25) is 0 Å². The molecule has 12 heavy (non-hydrogen) atoms. The van der Waals surface area contributed by atoms with Crippen molar-refractivity contribution in [2.24, 2.45) is 0 Å². The van der Waals surface area contributed by atoms with Crippen LogP contribution in [0.5, 0.6) is 0 Å². The predicted octanol–water partition coefficient (Wildman–Crippen LogP) is 2.17. The second kappa shape index (κ2) is 2.91. The maximum atomic E-state index is 10.7. The van der Waals surface area contributed by atoms with Gasteiger partial charge in [-0.15, -0.1) is 0 Å². The summed E-state index contributed by atoms with van der Waals surface area (Å²) in [5.41, 5.74) is 1.71. The first-order valence-corrected chi connectivity index (χ1v) is 3.82. The molecular weight excluding hydrogens is 150 g/mol. The van der Waals surface area contributed by atoms with E-state index >= 15 is 0 Å². The van der Waals surface area contributed by atoms with Crippen molar-refractivity contribution in [2.45, 2.75) is 6.61 Å². The predicted molar refractivity (Wildman–Crippen MR) is 46.1 cm³/mol. The topological polar surface area (TPSA) is 32.8 Å². The maximum absolute atomic E-state index is 10.7. The summed E-state index contributed by atoms with van der Waals surface area (Å²) in [6.45, 7) is -0.178. The van der Waals surface area contributed by atoms with Gasteiger partial charge in [0.25, 0.3) is 0 Å². The van der Waals surface area contributed by atoms with Gasteiger partial charge in [-0.1, -0.05) is 18.2 Å². The number of rotatable bonds is 1. The van der Waals surface area contributed by atoms with E-state index in [1.807, 2.05) is 24.3 Å². The molecule has 1 aromatic carbocycles. The fraction of sp³-hybridized carbons (Fsp3) is 0.100. The van der Waals surface area contributed by atoms with Gasteiger partial charge in [0.2, 0.25) is 0 Å². The summed E-state index contributed by atoms with van der Waals surface area (Å²) in [6.07, 6.45) is 1.68. The SMILES string of the molecule is [O]Cc1ccnc2ccccc12. The molecule has 1 radical (unpaired) electrons. The largest absolute Gasteiger partial charge is 0.256 e. The minimum atomic E-state index is -0.178. The molecule has 0 bridgehead atoms. The minimum Gasteiger partial charge on any atom is -0.256 e. The lowest BCUT2D eigenvalue weighted by atomic mass is 10.1. The number of nitrogens with zero attached hydrogens (tertiary/aromatic N) is 1. The van der Waals surface area contributed by atoms with E-state index in [0.717, 1.165) is 16.5 Å². The van der Waals surface area contributed by atoms with Crippen LogP contribution in [0, 0.1) is 0 Å². The molecule has 0 fully saturated rings. The van der Waals surface area contributed by atoms with Crippen LogP contribution in [0.4, 0.5) is 0 Å². The van der Waals surface area contributed by atoms with Gasteiger partial charge in [-0.3, -0.25) is 4.98 Å². The summed E-state index contributed by atoms with van der Waals surface area (Å²) >= 11 is 0. The first-order valence-electron chi connectivity index (χ1n) is 3.82. The normalized spacial score (nSPS) is 10.4. The van der Waals surface area contributed by atoms with Gasteiger partial charge in [-0.25, -0.2) is 5.11 Å². The highest BCUT2D eigenvalue weighted by atomic mass is 16.3. The molecule has 2 aromatic rings. The Balaban J connectivity index is 2.79. The van der Waals surface area contributed by atoms with Crippen LogP contribution in [0.15, 0.2) is 36.5 Å². The van der Waals surface area contributed by atoms with Gasteiger partial charge in [0.05, 0.1) is 5.52 Å². The lowest BCUT2D eigenvalue weighted by Crippen LogP contribution is -1.85. The summed E-state index contributed by atoms with van der Waals surface area (Å²) in [5.74, 6) is 0. The van der Waals surface area contributed by atoms with Gasteiger partial charge in [0, 0.05) is 11.6 Å². The first kappa shape index (κ1) is 7.25. The van der Waals surface area contributed by atoms with Crippen LogP contribution in [0.1, 0.15) is 5.56 Å². The Bertz CT molecular complexity index is 392. The molecular formula is C10H8NO. The molecule has 0 aliphatic heterocycles. The Hall–Kier alpha value is -1.41. The first-order chi connectivity index (χ1) is 5.92.